The molecule has 41 heavy (non-hydrogen) atoms. The number of fused-ring (bicyclic) bond motifs is 1. The predicted molar refractivity (Wildman–Crippen MR) is 158 cm³/mol. The highest BCUT2D eigenvalue weighted by Gasteiger charge is 2.30. The van der Waals surface area contributed by atoms with Crippen LogP contribution in [0.3, 0.4) is 0 Å². The van der Waals surface area contributed by atoms with E-state index in [-0.39, 0.29) is 17.7 Å². The van der Waals surface area contributed by atoms with Gasteiger partial charge in [-0.15, -0.1) is 0 Å². The minimum absolute atomic E-state index is 0.0820. The molecule has 3 aromatic rings. The van der Waals surface area contributed by atoms with E-state index in [2.05, 4.69) is 15.5 Å². The summed E-state index contributed by atoms with van der Waals surface area (Å²) in [6.07, 6.45) is -0.274. The van der Waals surface area contributed by atoms with Crippen LogP contribution in [0, 0.1) is 10.1 Å². The summed E-state index contributed by atoms with van der Waals surface area (Å²) < 4.78 is 5.49. The summed E-state index contributed by atoms with van der Waals surface area (Å²) in [6.45, 7) is 9.09. The second-order valence-corrected chi connectivity index (χ2v) is 11.1. The highest BCUT2D eigenvalue weighted by atomic mass is 16.6. The zero-order chi connectivity index (χ0) is 29.1. The summed E-state index contributed by atoms with van der Waals surface area (Å²) in [5, 5.41) is 17.7. The molecule has 2 amide bonds. The standard InChI is InChI=1S/C31H33N5O5/c1-31(2,3)41-30(38)35-17-15-34(16-18-35)20-21-9-11-23(12-10-21)32-28(22-7-5-4-6-8-22)27-25-19-24(36(39)40)13-14-26(25)33-29(27)37/h4-14,19,32H,15-18,20H2,1-3H3,(H,33,37)/b28-27-. The molecule has 0 unspecified atom stereocenters. The molecule has 2 aliphatic rings. The van der Waals surface area contributed by atoms with Crippen LogP contribution in [0.25, 0.3) is 11.3 Å². The fourth-order valence-corrected chi connectivity index (χ4v) is 4.91. The second kappa shape index (κ2) is 11.4. The maximum Gasteiger partial charge on any atom is 0.410 e. The van der Waals surface area contributed by atoms with Crippen molar-refractivity contribution in [3.05, 3.63) is 99.6 Å². The summed E-state index contributed by atoms with van der Waals surface area (Å²) in [5.74, 6) is -0.325. The van der Waals surface area contributed by atoms with E-state index in [0.29, 0.717) is 35.6 Å². The lowest BCUT2D eigenvalue weighted by Gasteiger charge is -2.35. The molecule has 10 heteroatoms. The van der Waals surface area contributed by atoms with Gasteiger partial charge in [0, 0.05) is 61.8 Å². The molecule has 0 radical (unpaired) electrons. The summed E-state index contributed by atoms with van der Waals surface area (Å²) in [7, 11) is 0. The normalized spacial score (nSPS) is 16.6. The van der Waals surface area contributed by atoms with Gasteiger partial charge in [-0.1, -0.05) is 42.5 Å². The van der Waals surface area contributed by atoms with Gasteiger partial charge in [-0.05, 0) is 50.1 Å². The first kappa shape index (κ1) is 27.9. The molecule has 0 spiro atoms. The van der Waals surface area contributed by atoms with E-state index in [9.17, 15) is 19.7 Å². The Morgan fingerprint density at radius 3 is 2.32 bits per heavy atom. The smallest absolute Gasteiger partial charge is 0.410 e. The number of nitro benzene ring substituents is 1. The number of nitro groups is 1. The molecule has 212 valence electrons. The SMILES string of the molecule is CC(C)(C)OC(=O)N1CCN(Cc2ccc(N/C(=C3\C(=O)Nc4ccc([N+](=O)[O-])cc43)c3ccccc3)cc2)CC1. The van der Waals surface area contributed by atoms with Gasteiger partial charge in [-0.25, -0.2) is 4.79 Å². The summed E-state index contributed by atoms with van der Waals surface area (Å²) in [5.41, 5.74) is 4.02. The Balaban J connectivity index is 1.32. The van der Waals surface area contributed by atoms with Gasteiger partial charge >= 0.3 is 6.09 Å². The number of nitrogens with one attached hydrogen (secondary N) is 2. The number of carbonyl (C=O) groups is 2. The first-order valence-electron chi connectivity index (χ1n) is 13.5. The van der Waals surface area contributed by atoms with Crippen LogP contribution in [0.4, 0.5) is 21.9 Å². The summed E-state index contributed by atoms with van der Waals surface area (Å²) in [6, 6.07) is 21.8. The molecular formula is C31H33N5O5. The molecule has 3 aromatic carbocycles. The molecule has 10 nitrogen and oxygen atoms in total. The van der Waals surface area contributed by atoms with E-state index in [0.717, 1.165) is 36.4 Å². The molecule has 0 saturated carbocycles. The number of hydrogen-bond donors (Lipinski definition) is 2. The van der Waals surface area contributed by atoms with Crippen LogP contribution >= 0.6 is 0 Å². The van der Waals surface area contributed by atoms with E-state index < -0.39 is 10.5 Å². The van der Waals surface area contributed by atoms with Gasteiger partial charge in [0.15, 0.2) is 0 Å². The molecule has 5 rings (SSSR count). The Hall–Kier alpha value is -4.70. The predicted octanol–water partition coefficient (Wildman–Crippen LogP) is 5.58. The van der Waals surface area contributed by atoms with E-state index in [1.165, 1.54) is 12.1 Å². The lowest BCUT2D eigenvalue weighted by Crippen LogP contribution is -2.49. The van der Waals surface area contributed by atoms with E-state index in [4.69, 9.17) is 4.74 Å². The number of piperazine rings is 1. The highest BCUT2D eigenvalue weighted by Crippen LogP contribution is 2.39. The Morgan fingerprint density at radius 2 is 1.68 bits per heavy atom. The van der Waals surface area contributed by atoms with Crippen LogP contribution in [0.15, 0.2) is 72.8 Å². The average molecular weight is 556 g/mol. The van der Waals surface area contributed by atoms with Gasteiger partial charge < -0.3 is 20.3 Å². The number of carbonyl (C=O) groups excluding carboxylic acids is 2. The number of amides is 2. The zero-order valence-electron chi connectivity index (χ0n) is 23.3. The molecule has 0 atom stereocenters. The molecule has 1 fully saturated rings. The van der Waals surface area contributed by atoms with Crippen molar-refractivity contribution in [3.8, 4) is 0 Å². The van der Waals surface area contributed by atoms with Gasteiger partial charge in [0.25, 0.3) is 11.6 Å². The van der Waals surface area contributed by atoms with Crippen LogP contribution in [0.1, 0.15) is 37.5 Å². The topological polar surface area (TPSA) is 117 Å². The Morgan fingerprint density at radius 1 is 1.00 bits per heavy atom. The van der Waals surface area contributed by atoms with Crippen LogP contribution in [0.2, 0.25) is 0 Å². The van der Waals surface area contributed by atoms with Crippen LogP contribution < -0.4 is 10.6 Å². The number of nitrogens with zero attached hydrogens (tertiary/aromatic N) is 3. The van der Waals surface area contributed by atoms with Gasteiger partial charge in [-0.3, -0.25) is 19.8 Å². The Kier molecular flexibility index (Phi) is 7.76. The molecule has 1 saturated heterocycles. The Labute approximate surface area is 238 Å². The molecule has 2 heterocycles. The number of benzene rings is 3. The third-order valence-electron chi connectivity index (χ3n) is 6.92. The molecular weight excluding hydrogens is 522 g/mol. The maximum atomic E-state index is 13.1. The molecule has 2 aliphatic heterocycles. The molecule has 0 aromatic heterocycles. The van der Waals surface area contributed by atoms with E-state index in [1.54, 1.807) is 11.0 Å². The van der Waals surface area contributed by atoms with Crippen molar-refractivity contribution in [1.29, 1.82) is 0 Å². The minimum atomic E-state index is -0.511. The first-order valence-corrected chi connectivity index (χ1v) is 13.5. The minimum Gasteiger partial charge on any atom is -0.444 e. The van der Waals surface area contributed by atoms with E-state index >= 15 is 0 Å². The summed E-state index contributed by atoms with van der Waals surface area (Å²) >= 11 is 0. The molecule has 0 aliphatic carbocycles. The number of anilines is 2. The van der Waals surface area contributed by atoms with Crippen molar-refractivity contribution < 1.29 is 19.2 Å². The average Bonchev–Trinajstić information content (AvgIpc) is 3.27. The lowest BCUT2D eigenvalue weighted by molar-refractivity contribution is -0.384. The van der Waals surface area contributed by atoms with Crippen molar-refractivity contribution in [1.82, 2.24) is 9.80 Å². The van der Waals surface area contributed by atoms with Crippen molar-refractivity contribution in [2.24, 2.45) is 0 Å². The number of ether oxygens (including phenoxy) is 1. The Bertz CT molecular complexity index is 1490. The first-order chi connectivity index (χ1) is 19.6. The number of non-ortho nitro benzene ring substituents is 1. The zero-order valence-corrected chi connectivity index (χ0v) is 23.3. The number of rotatable bonds is 6. The maximum absolute atomic E-state index is 13.1. The second-order valence-electron chi connectivity index (χ2n) is 11.1. The van der Waals surface area contributed by atoms with Gasteiger partial charge in [-0.2, -0.15) is 0 Å². The van der Waals surface area contributed by atoms with Crippen molar-refractivity contribution in [3.63, 3.8) is 0 Å². The van der Waals surface area contributed by atoms with Crippen molar-refractivity contribution in [2.75, 3.05) is 36.8 Å². The third-order valence-corrected chi connectivity index (χ3v) is 6.92. The van der Waals surface area contributed by atoms with Crippen LogP contribution in [0.5, 0.6) is 0 Å². The monoisotopic (exact) mass is 555 g/mol. The number of hydrogen-bond acceptors (Lipinski definition) is 7. The fraction of sp³-hybridized carbons (Fsp3) is 0.290. The lowest BCUT2D eigenvalue weighted by atomic mass is 9.99. The third kappa shape index (κ3) is 6.55. The van der Waals surface area contributed by atoms with Gasteiger partial charge in [0.05, 0.1) is 16.2 Å². The highest BCUT2D eigenvalue weighted by molar-refractivity contribution is 6.37. The molecule has 0 bridgehead atoms. The van der Waals surface area contributed by atoms with Gasteiger partial charge in [0.2, 0.25) is 0 Å². The molecule has 2 N–H and O–H groups in total. The van der Waals surface area contributed by atoms with Crippen molar-refractivity contribution >= 4 is 40.3 Å². The summed E-state index contributed by atoms with van der Waals surface area (Å²) in [4.78, 5) is 40.5. The van der Waals surface area contributed by atoms with Crippen LogP contribution in [-0.4, -0.2) is 58.5 Å². The van der Waals surface area contributed by atoms with Crippen LogP contribution in [-0.2, 0) is 16.1 Å². The quantitative estimate of drug-likeness (QED) is 0.232. The van der Waals surface area contributed by atoms with Gasteiger partial charge in [0.1, 0.15) is 5.60 Å². The largest absolute Gasteiger partial charge is 0.444 e. The van der Waals surface area contributed by atoms with Crippen molar-refractivity contribution in [2.45, 2.75) is 32.9 Å². The van der Waals surface area contributed by atoms with E-state index in [1.807, 2.05) is 75.4 Å². The fourth-order valence-electron chi connectivity index (χ4n) is 4.91.